The highest BCUT2D eigenvalue weighted by Crippen LogP contribution is 2.32. The minimum absolute atomic E-state index is 0.0527. The summed E-state index contributed by atoms with van der Waals surface area (Å²) in [6.07, 6.45) is 3.32. The van der Waals surface area contributed by atoms with Crippen molar-refractivity contribution in [3.8, 4) is 0 Å². The molecule has 20 heavy (non-hydrogen) atoms. The number of rotatable bonds is 6. The second-order valence-electron chi connectivity index (χ2n) is 5.68. The van der Waals surface area contributed by atoms with Crippen molar-refractivity contribution in [2.45, 2.75) is 51.9 Å². The Kier molecular flexibility index (Phi) is 6.82. The quantitative estimate of drug-likeness (QED) is 0.761. The fourth-order valence-electron chi connectivity index (χ4n) is 2.94. The summed E-state index contributed by atoms with van der Waals surface area (Å²) in [5.41, 5.74) is 5.31. The highest BCUT2D eigenvalue weighted by Gasteiger charge is 2.25. The number of ketones is 1. The van der Waals surface area contributed by atoms with Crippen molar-refractivity contribution in [3.63, 3.8) is 0 Å². The van der Waals surface area contributed by atoms with E-state index in [4.69, 9.17) is 5.73 Å². The van der Waals surface area contributed by atoms with Gasteiger partial charge in [0.2, 0.25) is 5.91 Å². The highest BCUT2D eigenvalue weighted by molar-refractivity contribution is 5.79. The largest absolute Gasteiger partial charge is 0.369 e. The SMILES string of the molecule is CC[C@@H](CCC1CCC(=O)C[C@@H](C=C(F)F)C1)C(N)=O. The van der Waals surface area contributed by atoms with E-state index in [1.165, 1.54) is 0 Å². The van der Waals surface area contributed by atoms with Crippen LogP contribution < -0.4 is 5.73 Å². The van der Waals surface area contributed by atoms with Crippen LogP contribution in [0.3, 0.4) is 0 Å². The van der Waals surface area contributed by atoms with Crippen LogP contribution in [0, 0.1) is 17.8 Å². The standard InChI is InChI=1S/C15H23F2NO2/c1-2-12(15(18)20)5-3-10-4-6-13(19)8-11(7-10)9-14(16)17/h9-12H,2-8H2,1H3,(H2,18,20)/t10?,11-,12-/m0/s1. The van der Waals surface area contributed by atoms with Crippen molar-refractivity contribution >= 4 is 11.7 Å². The molecule has 0 aromatic rings. The van der Waals surface area contributed by atoms with Gasteiger partial charge in [0, 0.05) is 18.8 Å². The summed E-state index contributed by atoms with van der Waals surface area (Å²) in [5, 5.41) is 0. The van der Waals surface area contributed by atoms with E-state index in [2.05, 4.69) is 0 Å². The van der Waals surface area contributed by atoms with E-state index in [-0.39, 0.29) is 35.9 Å². The van der Waals surface area contributed by atoms with Gasteiger partial charge in [-0.1, -0.05) is 6.92 Å². The lowest BCUT2D eigenvalue weighted by Crippen LogP contribution is -2.23. The maximum atomic E-state index is 12.4. The van der Waals surface area contributed by atoms with Crippen molar-refractivity contribution in [1.82, 2.24) is 0 Å². The summed E-state index contributed by atoms with van der Waals surface area (Å²) >= 11 is 0. The Labute approximate surface area is 118 Å². The Hall–Kier alpha value is -1.26. The van der Waals surface area contributed by atoms with E-state index in [0.717, 1.165) is 18.9 Å². The minimum atomic E-state index is -1.72. The molecule has 0 aliphatic heterocycles. The average Bonchev–Trinajstić information content (AvgIpc) is 2.50. The third kappa shape index (κ3) is 5.80. The summed E-state index contributed by atoms with van der Waals surface area (Å²) in [7, 11) is 0. The second kappa shape index (κ2) is 8.12. The predicted octanol–water partition coefficient (Wildman–Crippen LogP) is 3.43. The Morgan fingerprint density at radius 1 is 1.50 bits per heavy atom. The molecule has 0 heterocycles. The van der Waals surface area contributed by atoms with Crippen molar-refractivity contribution in [3.05, 3.63) is 12.2 Å². The predicted molar refractivity (Wildman–Crippen MR) is 73.0 cm³/mol. The summed E-state index contributed by atoms with van der Waals surface area (Å²) in [6.45, 7) is 1.91. The molecule has 1 saturated carbocycles. The lowest BCUT2D eigenvalue weighted by atomic mass is 9.86. The van der Waals surface area contributed by atoms with Crippen LogP contribution in [0.25, 0.3) is 0 Å². The van der Waals surface area contributed by atoms with Gasteiger partial charge in [0.05, 0.1) is 0 Å². The lowest BCUT2D eigenvalue weighted by molar-refractivity contribution is -0.122. The monoisotopic (exact) mass is 287 g/mol. The highest BCUT2D eigenvalue weighted by atomic mass is 19.3. The van der Waals surface area contributed by atoms with E-state index in [0.29, 0.717) is 25.7 Å². The molecule has 1 fully saturated rings. The van der Waals surface area contributed by atoms with Crippen molar-refractivity contribution in [1.29, 1.82) is 0 Å². The molecule has 1 aliphatic rings. The summed E-state index contributed by atoms with van der Waals surface area (Å²) in [5.74, 6) is -0.551. The molecule has 1 rings (SSSR count). The van der Waals surface area contributed by atoms with Crippen molar-refractivity contribution in [2.75, 3.05) is 0 Å². The molecule has 2 N–H and O–H groups in total. The van der Waals surface area contributed by atoms with E-state index in [9.17, 15) is 18.4 Å². The van der Waals surface area contributed by atoms with Gasteiger partial charge in [-0.05, 0) is 50.0 Å². The maximum absolute atomic E-state index is 12.4. The van der Waals surface area contributed by atoms with E-state index in [1.807, 2.05) is 6.92 Å². The van der Waals surface area contributed by atoms with Gasteiger partial charge in [0.1, 0.15) is 5.78 Å². The third-order valence-corrected chi connectivity index (χ3v) is 4.14. The number of Topliss-reactive ketones (excluding diaryl/α,β-unsaturated/α-hetero) is 1. The van der Waals surface area contributed by atoms with Gasteiger partial charge in [0.25, 0.3) is 6.08 Å². The fourth-order valence-corrected chi connectivity index (χ4v) is 2.94. The molecular weight excluding hydrogens is 264 g/mol. The van der Waals surface area contributed by atoms with E-state index >= 15 is 0 Å². The summed E-state index contributed by atoms with van der Waals surface area (Å²) in [6, 6.07) is 0. The first-order valence-corrected chi connectivity index (χ1v) is 7.26. The molecule has 0 aromatic heterocycles. The number of halogens is 2. The maximum Gasteiger partial charge on any atom is 0.266 e. The number of amides is 1. The van der Waals surface area contributed by atoms with Crippen LogP contribution >= 0.6 is 0 Å². The molecule has 0 spiro atoms. The Morgan fingerprint density at radius 3 is 2.75 bits per heavy atom. The van der Waals surface area contributed by atoms with Gasteiger partial charge in [-0.3, -0.25) is 9.59 Å². The third-order valence-electron chi connectivity index (χ3n) is 4.14. The van der Waals surface area contributed by atoms with Gasteiger partial charge in [0.15, 0.2) is 0 Å². The van der Waals surface area contributed by atoms with Crippen LogP contribution in [0.15, 0.2) is 12.2 Å². The molecule has 0 aromatic carbocycles. The van der Waals surface area contributed by atoms with Gasteiger partial charge in [-0.2, -0.15) is 8.78 Å². The number of primary amides is 1. The molecule has 1 unspecified atom stereocenters. The number of hydrogen-bond acceptors (Lipinski definition) is 2. The molecule has 0 radical (unpaired) electrons. The molecular formula is C15H23F2NO2. The number of carbonyl (C=O) groups is 2. The van der Waals surface area contributed by atoms with Gasteiger partial charge < -0.3 is 5.73 Å². The first-order chi connectivity index (χ1) is 9.42. The smallest absolute Gasteiger partial charge is 0.266 e. The van der Waals surface area contributed by atoms with Gasteiger partial charge in [-0.15, -0.1) is 0 Å². The Balaban J connectivity index is 2.58. The number of nitrogens with two attached hydrogens (primary N) is 1. The van der Waals surface area contributed by atoms with Crippen molar-refractivity contribution in [2.24, 2.45) is 23.5 Å². The second-order valence-corrected chi connectivity index (χ2v) is 5.68. The van der Waals surface area contributed by atoms with Crippen molar-refractivity contribution < 1.29 is 18.4 Å². The molecule has 5 heteroatoms. The molecule has 1 aliphatic carbocycles. The number of hydrogen-bond donors (Lipinski definition) is 1. The molecule has 0 saturated heterocycles. The minimum Gasteiger partial charge on any atom is -0.369 e. The average molecular weight is 287 g/mol. The molecule has 3 atom stereocenters. The van der Waals surface area contributed by atoms with Crippen LogP contribution in [0.2, 0.25) is 0 Å². The van der Waals surface area contributed by atoms with Crippen LogP contribution in [0.1, 0.15) is 51.9 Å². The normalized spacial score (nSPS) is 24.9. The first-order valence-electron chi connectivity index (χ1n) is 7.26. The van der Waals surface area contributed by atoms with Crippen LogP contribution in [-0.2, 0) is 9.59 Å². The zero-order valence-electron chi connectivity index (χ0n) is 11.9. The van der Waals surface area contributed by atoms with Crippen LogP contribution in [0.5, 0.6) is 0 Å². The van der Waals surface area contributed by atoms with Crippen LogP contribution in [0.4, 0.5) is 8.78 Å². The van der Waals surface area contributed by atoms with Crippen LogP contribution in [-0.4, -0.2) is 11.7 Å². The molecule has 114 valence electrons. The molecule has 0 bridgehead atoms. The zero-order chi connectivity index (χ0) is 15.1. The fraction of sp³-hybridized carbons (Fsp3) is 0.733. The van der Waals surface area contributed by atoms with Gasteiger partial charge in [-0.25, -0.2) is 0 Å². The van der Waals surface area contributed by atoms with E-state index < -0.39 is 6.08 Å². The Bertz CT molecular complexity index is 378. The Morgan fingerprint density at radius 2 is 2.20 bits per heavy atom. The molecule has 1 amide bonds. The summed E-state index contributed by atoms with van der Waals surface area (Å²) < 4.78 is 24.7. The zero-order valence-corrected chi connectivity index (χ0v) is 11.9. The molecule has 3 nitrogen and oxygen atoms in total. The van der Waals surface area contributed by atoms with Gasteiger partial charge >= 0.3 is 0 Å². The topological polar surface area (TPSA) is 60.2 Å². The first kappa shape index (κ1) is 16.8. The van der Waals surface area contributed by atoms with E-state index in [1.54, 1.807) is 0 Å². The number of allylic oxidation sites excluding steroid dienone is 1. The number of carbonyl (C=O) groups excluding carboxylic acids is 2. The lowest BCUT2D eigenvalue weighted by Gasteiger charge is -2.19. The summed E-state index contributed by atoms with van der Waals surface area (Å²) in [4.78, 5) is 22.8.